The SMILES string of the molecule is CC(C)C1=C[C@@H]2C[C@@]3(C=O)[C@@H]4CC[C@@H](C)C4C[C@@]2(CO[C@H]2C[C@H]4[C@H](OC[C@@H]4C)[C@@H](C)O2)[C@]13C(=O)O. The summed E-state index contributed by atoms with van der Waals surface area (Å²) < 4.78 is 18.9. The first-order valence-electron chi connectivity index (χ1n) is 13.9. The Labute approximate surface area is 209 Å². The number of carbonyl (C=O) groups is 2. The third kappa shape index (κ3) is 2.77. The lowest BCUT2D eigenvalue weighted by molar-refractivity contribution is -0.251. The fourth-order valence-electron chi connectivity index (χ4n) is 10.3. The van der Waals surface area contributed by atoms with Crippen LogP contribution in [0.2, 0.25) is 0 Å². The van der Waals surface area contributed by atoms with E-state index in [9.17, 15) is 14.7 Å². The second-order valence-corrected chi connectivity index (χ2v) is 13.2. The van der Waals surface area contributed by atoms with Crippen molar-refractivity contribution < 1.29 is 28.9 Å². The molecule has 4 bridgehead atoms. The zero-order valence-corrected chi connectivity index (χ0v) is 21.9. The van der Waals surface area contributed by atoms with Gasteiger partial charge in [0.15, 0.2) is 6.29 Å². The predicted molar refractivity (Wildman–Crippen MR) is 129 cm³/mol. The molecule has 6 heteroatoms. The second-order valence-electron chi connectivity index (χ2n) is 13.2. The normalized spacial score (nSPS) is 54.0. The molecule has 3 saturated carbocycles. The molecule has 4 aliphatic carbocycles. The van der Waals surface area contributed by atoms with Crippen LogP contribution in [-0.2, 0) is 23.8 Å². The van der Waals surface area contributed by atoms with E-state index in [0.29, 0.717) is 36.7 Å². The number of hydrogen-bond acceptors (Lipinski definition) is 5. The van der Waals surface area contributed by atoms with Gasteiger partial charge in [0.05, 0.1) is 30.8 Å². The van der Waals surface area contributed by atoms with E-state index >= 15 is 0 Å². The highest BCUT2D eigenvalue weighted by molar-refractivity contribution is 5.90. The zero-order valence-electron chi connectivity index (χ0n) is 21.9. The van der Waals surface area contributed by atoms with E-state index in [1.54, 1.807) is 0 Å². The summed E-state index contributed by atoms with van der Waals surface area (Å²) in [7, 11) is 0. The van der Waals surface area contributed by atoms with Crippen molar-refractivity contribution in [2.24, 2.45) is 57.7 Å². The quantitative estimate of drug-likeness (QED) is 0.432. The fourth-order valence-corrected chi connectivity index (χ4v) is 10.3. The average Bonchev–Trinajstić information content (AvgIpc) is 3.50. The van der Waals surface area contributed by atoms with Crippen molar-refractivity contribution in [3.05, 3.63) is 11.6 Å². The van der Waals surface area contributed by atoms with Gasteiger partial charge in [-0.1, -0.05) is 45.8 Å². The highest BCUT2D eigenvalue weighted by Gasteiger charge is 2.84. The molecule has 6 rings (SSSR count). The summed E-state index contributed by atoms with van der Waals surface area (Å²) in [6, 6.07) is 0. The molecule has 12 atom stereocenters. The minimum absolute atomic E-state index is 0.0426. The van der Waals surface area contributed by atoms with E-state index < -0.39 is 22.2 Å². The molecular weight excluding hydrogens is 444 g/mol. The Bertz CT molecular complexity index is 943. The van der Waals surface area contributed by atoms with Gasteiger partial charge in [-0.15, -0.1) is 0 Å². The van der Waals surface area contributed by atoms with E-state index in [2.05, 4.69) is 40.7 Å². The molecule has 2 saturated heterocycles. The van der Waals surface area contributed by atoms with Crippen LogP contribution in [0.1, 0.15) is 66.7 Å². The van der Waals surface area contributed by atoms with Crippen LogP contribution in [0.15, 0.2) is 11.6 Å². The lowest BCUT2D eigenvalue weighted by atomic mass is 9.43. The van der Waals surface area contributed by atoms with E-state index in [-0.39, 0.29) is 36.3 Å². The molecule has 2 heterocycles. The molecule has 0 spiro atoms. The maximum atomic E-state index is 13.5. The van der Waals surface area contributed by atoms with E-state index in [1.807, 2.05) is 0 Å². The van der Waals surface area contributed by atoms with Crippen LogP contribution in [0.4, 0.5) is 0 Å². The molecule has 2 aliphatic heterocycles. The third-order valence-corrected chi connectivity index (χ3v) is 11.6. The van der Waals surface area contributed by atoms with Gasteiger partial charge in [0.25, 0.3) is 0 Å². The first-order chi connectivity index (χ1) is 16.6. The second kappa shape index (κ2) is 7.88. The van der Waals surface area contributed by atoms with Crippen LogP contribution in [-0.4, -0.2) is 49.1 Å². The number of aliphatic carboxylic acids is 1. The number of fused-ring (bicyclic) bond motifs is 3. The minimum atomic E-state index is -1.18. The molecule has 1 N–H and O–H groups in total. The third-order valence-electron chi connectivity index (χ3n) is 11.6. The maximum absolute atomic E-state index is 13.5. The summed E-state index contributed by atoms with van der Waals surface area (Å²) in [5, 5.41) is 11.1. The summed E-state index contributed by atoms with van der Waals surface area (Å²) in [4.78, 5) is 26.7. The highest BCUT2D eigenvalue weighted by Crippen LogP contribution is 2.82. The van der Waals surface area contributed by atoms with Gasteiger partial charge < -0.3 is 24.1 Å². The average molecular weight is 487 g/mol. The smallest absolute Gasteiger partial charge is 0.315 e. The van der Waals surface area contributed by atoms with Gasteiger partial charge in [-0.05, 0) is 67.6 Å². The van der Waals surface area contributed by atoms with E-state index in [1.165, 1.54) is 0 Å². The van der Waals surface area contributed by atoms with Crippen LogP contribution in [0.3, 0.4) is 0 Å². The highest BCUT2D eigenvalue weighted by atomic mass is 16.7. The van der Waals surface area contributed by atoms with Crippen molar-refractivity contribution in [1.29, 1.82) is 0 Å². The Morgan fingerprint density at radius 1 is 1.20 bits per heavy atom. The monoisotopic (exact) mass is 486 g/mol. The standard InChI is InChI=1S/C29H42O6/c1-15(2)23-8-19-10-27(13-30)22-7-6-16(3)21(22)11-28(19,29(23,27)26(31)32)14-34-24-9-20-17(4)12-33-25(20)18(5)35-24/h8,13,15-22,24-25H,6-7,9-12,14H2,1-5H3,(H,31,32)/t16-,17+,18-,19-,20-,21?,22-,24-,25-,27-,28+,29+/m1/s1. The number of ether oxygens (including phenoxy) is 3. The summed E-state index contributed by atoms with van der Waals surface area (Å²) >= 11 is 0. The van der Waals surface area contributed by atoms with E-state index in [0.717, 1.165) is 44.1 Å². The Kier molecular flexibility index (Phi) is 5.43. The van der Waals surface area contributed by atoms with Crippen molar-refractivity contribution >= 4 is 12.3 Å². The molecule has 0 aromatic carbocycles. The maximum Gasteiger partial charge on any atom is 0.315 e. The number of allylic oxidation sites excluding steroid dienone is 1. The topological polar surface area (TPSA) is 82.1 Å². The molecule has 0 aromatic heterocycles. The molecule has 1 unspecified atom stereocenters. The van der Waals surface area contributed by atoms with Gasteiger partial charge >= 0.3 is 5.97 Å². The molecule has 0 radical (unpaired) electrons. The Hall–Kier alpha value is -1.24. The number of carbonyl (C=O) groups excluding carboxylic acids is 1. The summed E-state index contributed by atoms with van der Waals surface area (Å²) in [5.41, 5.74) is -1.65. The Balaban J connectivity index is 1.39. The molecule has 5 fully saturated rings. The van der Waals surface area contributed by atoms with E-state index in [4.69, 9.17) is 14.2 Å². The summed E-state index contributed by atoms with van der Waals surface area (Å²) in [5.74, 6) is 1.22. The summed E-state index contributed by atoms with van der Waals surface area (Å²) in [6.45, 7) is 11.9. The number of aldehydes is 1. The molecule has 0 aromatic rings. The molecule has 6 nitrogen and oxygen atoms in total. The van der Waals surface area contributed by atoms with Gasteiger partial charge in [0.1, 0.15) is 11.7 Å². The molecule has 35 heavy (non-hydrogen) atoms. The lowest BCUT2D eigenvalue weighted by Gasteiger charge is -2.58. The number of rotatable bonds is 6. The lowest BCUT2D eigenvalue weighted by Crippen LogP contribution is -2.63. The number of carboxylic acids is 1. The Morgan fingerprint density at radius 3 is 2.66 bits per heavy atom. The minimum Gasteiger partial charge on any atom is -0.481 e. The van der Waals surface area contributed by atoms with Gasteiger partial charge in [-0.25, -0.2) is 0 Å². The van der Waals surface area contributed by atoms with Crippen molar-refractivity contribution in [2.45, 2.75) is 85.2 Å². The number of hydrogen-bond donors (Lipinski definition) is 1. The van der Waals surface area contributed by atoms with Crippen LogP contribution in [0, 0.1) is 57.7 Å². The van der Waals surface area contributed by atoms with Crippen LogP contribution >= 0.6 is 0 Å². The first-order valence-corrected chi connectivity index (χ1v) is 13.9. The van der Waals surface area contributed by atoms with Crippen LogP contribution in [0.25, 0.3) is 0 Å². The van der Waals surface area contributed by atoms with Gasteiger partial charge in [-0.3, -0.25) is 4.79 Å². The van der Waals surface area contributed by atoms with Gasteiger partial charge in [-0.2, -0.15) is 0 Å². The molecule has 194 valence electrons. The molecule has 6 aliphatic rings. The van der Waals surface area contributed by atoms with Crippen molar-refractivity contribution in [3.63, 3.8) is 0 Å². The number of carboxylic acid groups (broad SMARTS) is 1. The van der Waals surface area contributed by atoms with Crippen molar-refractivity contribution in [2.75, 3.05) is 13.2 Å². The fraction of sp³-hybridized carbons (Fsp3) is 0.862. The zero-order chi connectivity index (χ0) is 24.9. The van der Waals surface area contributed by atoms with Crippen molar-refractivity contribution in [1.82, 2.24) is 0 Å². The predicted octanol–water partition coefficient (Wildman–Crippen LogP) is 4.71. The summed E-state index contributed by atoms with van der Waals surface area (Å²) in [6.07, 6.45) is 7.32. The van der Waals surface area contributed by atoms with Crippen LogP contribution < -0.4 is 0 Å². The Morgan fingerprint density at radius 2 is 1.97 bits per heavy atom. The first kappa shape index (κ1) is 24.1. The van der Waals surface area contributed by atoms with Gasteiger partial charge in [0.2, 0.25) is 0 Å². The van der Waals surface area contributed by atoms with Gasteiger partial charge in [0, 0.05) is 11.8 Å². The molecule has 0 amide bonds. The van der Waals surface area contributed by atoms with Crippen molar-refractivity contribution in [3.8, 4) is 0 Å². The largest absolute Gasteiger partial charge is 0.481 e. The van der Waals surface area contributed by atoms with Crippen LogP contribution in [0.5, 0.6) is 0 Å². The molecular formula is C29H42O6.